The fraction of sp³-hybridized carbons (Fsp3) is 0. The summed E-state index contributed by atoms with van der Waals surface area (Å²) < 4.78 is 5.88. The standard InChI is InChI=1S/C27H17N3O6S/c31-25-24(16-22-13-14-23(36-22)17-9-11-21(12-10-17)30(34)35)37-27(29(25)20-7-2-1-3-8-20)28-19-6-4-5-18(15-19)26(32)33/h1-16H,(H,32,33)/b24-16+,28-27?. The van der Waals surface area contributed by atoms with E-state index in [2.05, 4.69) is 4.99 Å². The van der Waals surface area contributed by atoms with Gasteiger partial charge in [-0.25, -0.2) is 9.79 Å². The number of furan rings is 1. The lowest BCUT2D eigenvalue weighted by Gasteiger charge is -2.15. The van der Waals surface area contributed by atoms with E-state index in [1.807, 2.05) is 6.07 Å². The maximum atomic E-state index is 13.4. The number of thioether (sulfide) groups is 1. The number of non-ortho nitro benzene ring substituents is 1. The Morgan fingerprint density at radius 2 is 1.76 bits per heavy atom. The van der Waals surface area contributed by atoms with Gasteiger partial charge < -0.3 is 9.52 Å². The second kappa shape index (κ2) is 9.96. The van der Waals surface area contributed by atoms with Gasteiger partial charge in [0.15, 0.2) is 5.17 Å². The fourth-order valence-electron chi connectivity index (χ4n) is 3.63. The fourth-order valence-corrected chi connectivity index (χ4v) is 4.62. The molecule has 0 radical (unpaired) electrons. The third-order valence-electron chi connectivity index (χ3n) is 5.40. The lowest BCUT2D eigenvalue weighted by atomic mass is 10.1. The number of carboxylic acid groups (broad SMARTS) is 1. The summed E-state index contributed by atoms with van der Waals surface area (Å²) in [6, 6.07) is 24.6. The number of anilines is 1. The van der Waals surface area contributed by atoms with E-state index in [1.54, 1.807) is 66.7 Å². The quantitative estimate of drug-likeness (QED) is 0.181. The minimum Gasteiger partial charge on any atom is -0.478 e. The van der Waals surface area contributed by atoms with Crippen LogP contribution in [0.25, 0.3) is 17.4 Å². The molecule has 1 amide bonds. The van der Waals surface area contributed by atoms with Crippen LogP contribution in [0.4, 0.5) is 17.1 Å². The van der Waals surface area contributed by atoms with E-state index in [1.165, 1.54) is 29.2 Å². The summed E-state index contributed by atoms with van der Waals surface area (Å²) in [5.41, 5.74) is 1.74. The number of amides is 1. The van der Waals surface area contributed by atoms with Crippen molar-refractivity contribution in [3.63, 3.8) is 0 Å². The molecule has 5 rings (SSSR count). The molecule has 1 aliphatic rings. The molecule has 0 unspecified atom stereocenters. The highest BCUT2D eigenvalue weighted by atomic mass is 32.2. The van der Waals surface area contributed by atoms with Crippen molar-refractivity contribution in [2.45, 2.75) is 0 Å². The molecule has 3 aromatic carbocycles. The summed E-state index contributed by atoms with van der Waals surface area (Å²) in [6.07, 6.45) is 1.61. The van der Waals surface area contributed by atoms with Crippen molar-refractivity contribution < 1.29 is 24.0 Å². The number of rotatable bonds is 6. The number of carbonyl (C=O) groups excluding carboxylic acids is 1. The topological polar surface area (TPSA) is 126 Å². The van der Waals surface area contributed by atoms with Crippen LogP contribution in [-0.4, -0.2) is 27.1 Å². The summed E-state index contributed by atoms with van der Waals surface area (Å²) in [4.78, 5) is 41.6. The molecule has 0 aliphatic carbocycles. The molecule has 0 atom stereocenters. The second-order valence-corrected chi connectivity index (χ2v) is 8.85. The van der Waals surface area contributed by atoms with Gasteiger partial charge in [-0.3, -0.25) is 19.8 Å². The van der Waals surface area contributed by atoms with Crippen molar-refractivity contribution in [1.29, 1.82) is 0 Å². The zero-order chi connectivity index (χ0) is 25.9. The Morgan fingerprint density at radius 3 is 2.46 bits per heavy atom. The number of hydrogen-bond donors (Lipinski definition) is 1. The van der Waals surface area contributed by atoms with Crippen molar-refractivity contribution in [3.8, 4) is 11.3 Å². The predicted octanol–water partition coefficient (Wildman–Crippen LogP) is 6.36. The molecule has 1 aliphatic heterocycles. The van der Waals surface area contributed by atoms with E-state index < -0.39 is 10.9 Å². The van der Waals surface area contributed by atoms with Gasteiger partial charge in [-0.2, -0.15) is 0 Å². The van der Waals surface area contributed by atoms with Crippen LogP contribution in [0.5, 0.6) is 0 Å². The molecular formula is C27H17N3O6S. The number of nitro groups is 1. The van der Waals surface area contributed by atoms with Crippen molar-refractivity contribution >= 4 is 51.9 Å². The molecule has 9 nitrogen and oxygen atoms in total. The van der Waals surface area contributed by atoms with Crippen LogP contribution in [0.15, 0.2) is 105 Å². The monoisotopic (exact) mass is 511 g/mol. The smallest absolute Gasteiger partial charge is 0.335 e. The van der Waals surface area contributed by atoms with Gasteiger partial charge >= 0.3 is 5.97 Å². The second-order valence-electron chi connectivity index (χ2n) is 7.84. The van der Waals surface area contributed by atoms with Gasteiger partial charge in [0.25, 0.3) is 11.6 Å². The van der Waals surface area contributed by atoms with Crippen LogP contribution < -0.4 is 4.90 Å². The molecule has 10 heteroatoms. The minimum absolute atomic E-state index is 0.0210. The molecule has 1 N–H and O–H groups in total. The molecule has 1 fully saturated rings. The number of nitro benzene ring substituents is 1. The third kappa shape index (κ3) is 5.04. The van der Waals surface area contributed by atoms with Gasteiger partial charge in [-0.15, -0.1) is 0 Å². The van der Waals surface area contributed by atoms with Crippen LogP contribution in [0.2, 0.25) is 0 Å². The molecule has 0 saturated carbocycles. The first-order chi connectivity index (χ1) is 17.9. The van der Waals surface area contributed by atoms with Gasteiger partial charge in [0, 0.05) is 23.8 Å². The molecule has 4 aromatic rings. The first-order valence-electron chi connectivity index (χ1n) is 10.9. The number of hydrogen-bond acceptors (Lipinski definition) is 7. The van der Waals surface area contributed by atoms with E-state index in [4.69, 9.17) is 4.42 Å². The number of amidine groups is 1. The molecule has 1 aromatic heterocycles. The highest BCUT2D eigenvalue weighted by Gasteiger charge is 2.35. The number of benzene rings is 3. The Bertz CT molecular complexity index is 1580. The number of aromatic carboxylic acids is 1. The lowest BCUT2D eigenvalue weighted by molar-refractivity contribution is -0.384. The number of carbonyl (C=O) groups is 2. The number of carboxylic acids is 1. The van der Waals surface area contributed by atoms with E-state index in [0.29, 0.717) is 38.5 Å². The van der Waals surface area contributed by atoms with Gasteiger partial charge in [0.2, 0.25) is 0 Å². The molecule has 182 valence electrons. The van der Waals surface area contributed by atoms with Crippen LogP contribution in [0.1, 0.15) is 16.1 Å². The van der Waals surface area contributed by atoms with Crippen LogP contribution >= 0.6 is 11.8 Å². The molecular weight excluding hydrogens is 494 g/mol. The molecule has 1 saturated heterocycles. The molecule has 0 bridgehead atoms. The molecule has 2 heterocycles. The predicted molar refractivity (Wildman–Crippen MR) is 141 cm³/mol. The number of aliphatic imine (C=N–C) groups is 1. The Labute approximate surface area is 214 Å². The number of para-hydroxylation sites is 1. The SMILES string of the molecule is O=C(O)c1cccc(N=C2S/C(=C/c3ccc(-c4ccc([N+](=O)[O-])cc4)o3)C(=O)N2c2ccccc2)c1. The van der Waals surface area contributed by atoms with Crippen LogP contribution in [0, 0.1) is 10.1 Å². The van der Waals surface area contributed by atoms with Gasteiger partial charge in [0.05, 0.1) is 26.8 Å². The maximum absolute atomic E-state index is 13.4. The summed E-state index contributed by atoms with van der Waals surface area (Å²) in [5.74, 6) is -0.459. The largest absolute Gasteiger partial charge is 0.478 e. The van der Waals surface area contributed by atoms with Gasteiger partial charge in [-0.1, -0.05) is 24.3 Å². The zero-order valence-electron chi connectivity index (χ0n) is 19.0. The third-order valence-corrected chi connectivity index (χ3v) is 6.37. The average Bonchev–Trinajstić information content (AvgIpc) is 3.49. The number of nitrogens with zero attached hydrogens (tertiary/aromatic N) is 3. The first-order valence-corrected chi connectivity index (χ1v) is 11.8. The normalized spacial score (nSPS) is 15.5. The van der Waals surface area contributed by atoms with Crippen molar-refractivity contribution in [2.75, 3.05) is 4.90 Å². The Kier molecular flexibility index (Phi) is 6.40. The molecule has 0 spiro atoms. The summed E-state index contributed by atoms with van der Waals surface area (Å²) in [5, 5.41) is 20.6. The lowest BCUT2D eigenvalue weighted by Crippen LogP contribution is -2.28. The Hall–Kier alpha value is -4.96. The van der Waals surface area contributed by atoms with Crippen molar-refractivity contribution in [1.82, 2.24) is 0 Å². The van der Waals surface area contributed by atoms with Crippen LogP contribution in [-0.2, 0) is 4.79 Å². The van der Waals surface area contributed by atoms with E-state index in [9.17, 15) is 24.8 Å². The highest BCUT2D eigenvalue weighted by molar-refractivity contribution is 8.19. The van der Waals surface area contributed by atoms with Crippen molar-refractivity contribution in [3.05, 3.63) is 117 Å². The summed E-state index contributed by atoms with van der Waals surface area (Å²) in [7, 11) is 0. The summed E-state index contributed by atoms with van der Waals surface area (Å²) >= 11 is 1.14. The Balaban J connectivity index is 1.48. The van der Waals surface area contributed by atoms with Crippen LogP contribution in [0.3, 0.4) is 0 Å². The zero-order valence-corrected chi connectivity index (χ0v) is 19.8. The van der Waals surface area contributed by atoms with E-state index >= 15 is 0 Å². The van der Waals surface area contributed by atoms with Gasteiger partial charge in [0.1, 0.15) is 11.5 Å². The Morgan fingerprint density at radius 1 is 1.00 bits per heavy atom. The summed E-state index contributed by atoms with van der Waals surface area (Å²) in [6.45, 7) is 0. The first kappa shape index (κ1) is 23.8. The average molecular weight is 512 g/mol. The van der Waals surface area contributed by atoms with E-state index in [0.717, 1.165) is 11.8 Å². The van der Waals surface area contributed by atoms with E-state index in [-0.39, 0.29) is 17.2 Å². The molecule has 37 heavy (non-hydrogen) atoms. The van der Waals surface area contributed by atoms with Gasteiger partial charge in [-0.05, 0) is 66.4 Å². The minimum atomic E-state index is -1.07. The van der Waals surface area contributed by atoms with Crippen molar-refractivity contribution in [2.24, 2.45) is 4.99 Å². The highest BCUT2D eigenvalue weighted by Crippen LogP contribution is 2.38. The maximum Gasteiger partial charge on any atom is 0.335 e.